The van der Waals surface area contributed by atoms with Crippen LogP contribution in [0.3, 0.4) is 0 Å². The fourth-order valence-electron chi connectivity index (χ4n) is 2.34. The molecule has 0 heterocycles. The van der Waals surface area contributed by atoms with Crippen molar-refractivity contribution in [1.29, 1.82) is 0 Å². The van der Waals surface area contributed by atoms with Crippen molar-refractivity contribution in [2.75, 3.05) is 0 Å². The fraction of sp³-hybridized carbons (Fsp3) is 0. The van der Waals surface area contributed by atoms with Crippen LogP contribution in [0.4, 0.5) is 0 Å². The molecular formula is C20H14. The van der Waals surface area contributed by atoms with E-state index < -0.39 is 0 Å². The van der Waals surface area contributed by atoms with E-state index in [9.17, 15) is 0 Å². The molecule has 0 saturated heterocycles. The van der Waals surface area contributed by atoms with Crippen LogP contribution in [0.2, 0.25) is 0 Å². The Labute approximate surface area is 119 Å². The summed E-state index contributed by atoms with van der Waals surface area (Å²) in [5, 5.41) is 0. The summed E-state index contributed by atoms with van der Waals surface area (Å²) in [5.41, 5.74) is 5.52. The molecule has 3 rings (SSSR count). The lowest BCUT2D eigenvalue weighted by Gasteiger charge is -2.08. The lowest BCUT2D eigenvalue weighted by Crippen LogP contribution is -1.86. The van der Waals surface area contributed by atoms with Crippen LogP contribution in [-0.2, 0) is 0 Å². The molecule has 0 radical (unpaired) electrons. The van der Waals surface area contributed by atoms with Crippen LogP contribution >= 0.6 is 0 Å². The van der Waals surface area contributed by atoms with Gasteiger partial charge in [-0.05, 0) is 28.3 Å². The zero-order chi connectivity index (χ0) is 13.8. The Morgan fingerprint density at radius 3 is 1.80 bits per heavy atom. The number of benzene rings is 3. The minimum atomic E-state index is 0.928. The van der Waals surface area contributed by atoms with E-state index >= 15 is 0 Å². The average molecular weight is 254 g/mol. The van der Waals surface area contributed by atoms with Crippen molar-refractivity contribution in [3.8, 4) is 34.6 Å². The maximum Gasteiger partial charge on any atom is 0.0327 e. The highest BCUT2D eigenvalue weighted by atomic mass is 14.1. The van der Waals surface area contributed by atoms with Gasteiger partial charge in [-0.25, -0.2) is 0 Å². The standard InChI is InChI=1S/C20H14/c1-2-16-15-19(17-9-5-3-6-10-17)13-14-20(16)18-11-7-4-8-12-18/h1,3-15H. The normalized spacial score (nSPS) is 9.95. The number of terminal acetylenes is 1. The maximum atomic E-state index is 5.68. The van der Waals surface area contributed by atoms with Crippen molar-refractivity contribution in [2.24, 2.45) is 0 Å². The van der Waals surface area contributed by atoms with Gasteiger partial charge in [0.2, 0.25) is 0 Å². The van der Waals surface area contributed by atoms with Gasteiger partial charge in [-0.1, -0.05) is 78.7 Å². The minimum Gasteiger partial charge on any atom is -0.115 e. The summed E-state index contributed by atoms with van der Waals surface area (Å²) < 4.78 is 0. The van der Waals surface area contributed by atoms with E-state index in [4.69, 9.17) is 6.42 Å². The molecule has 0 aliphatic heterocycles. The highest BCUT2D eigenvalue weighted by Crippen LogP contribution is 2.28. The summed E-state index contributed by atoms with van der Waals surface area (Å²) >= 11 is 0. The predicted molar refractivity (Wildman–Crippen MR) is 85.2 cm³/mol. The van der Waals surface area contributed by atoms with Gasteiger partial charge >= 0.3 is 0 Å². The molecule has 0 aliphatic carbocycles. The summed E-state index contributed by atoms with van der Waals surface area (Å²) in [7, 11) is 0. The van der Waals surface area contributed by atoms with Gasteiger partial charge in [0, 0.05) is 5.56 Å². The van der Waals surface area contributed by atoms with E-state index in [1.807, 2.05) is 36.4 Å². The third-order valence-corrected chi connectivity index (χ3v) is 3.37. The summed E-state index contributed by atoms with van der Waals surface area (Å²) in [6.45, 7) is 0. The largest absolute Gasteiger partial charge is 0.115 e. The van der Waals surface area contributed by atoms with Crippen molar-refractivity contribution in [1.82, 2.24) is 0 Å². The Kier molecular flexibility index (Phi) is 3.35. The van der Waals surface area contributed by atoms with Gasteiger partial charge in [0.25, 0.3) is 0 Å². The first-order valence-corrected chi connectivity index (χ1v) is 6.60. The number of rotatable bonds is 2. The molecule has 0 unspecified atom stereocenters. The summed E-state index contributed by atoms with van der Waals surface area (Å²) in [6.07, 6.45) is 5.68. The van der Waals surface area contributed by atoms with Crippen molar-refractivity contribution < 1.29 is 0 Å². The smallest absolute Gasteiger partial charge is 0.0327 e. The predicted octanol–water partition coefficient (Wildman–Crippen LogP) is 5.00. The molecule has 3 aromatic rings. The fourth-order valence-corrected chi connectivity index (χ4v) is 2.34. The highest BCUT2D eigenvalue weighted by Gasteiger charge is 2.05. The molecule has 0 nitrogen and oxygen atoms in total. The first-order valence-electron chi connectivity index (χ1n) is 6.60. The Hall–Kier alpha value is -2.78. The second-order valence-corrected chi connectivity index (χ2v) is 4.64. The lowest BCUT2D eigenvalue weighted by atomic mass is 9.95. The number of hydrogen-bond acceptors (Lipinski definition) is 0. The molecule has 0 heteroatoms. The van der Waals surface area contributed by atoms with Crippen LogP contribution < -0.4 is 0 Å². The van der Waals surface area contributed by atoms with Crippen molar-refractivity contribution in [3.05, 3.63) is 84.4 Å². The SMILES string of the molecule is C#Cc1cc(-c2ccccc2)ccc1-c1ccccc1. The van der Waals surface area contributed by atoms with Crippen LogP contribution in [-0.4, -0.2) is 0 Å². The zero-order valence-corrected chi connectivity index (χ0v) is 11.1. The summed E-state index contributed by atoms with van der Waals surface area (Å²) in [6, 6.07) is 26.8. The van der Waals surface area contributed by atoms with E-state index in [-0.39, 0.29) is 0 Å². The molecule has 0 bridgehead atoms. The molecule has 20 heavy (non-hydrogen) atoms. The third-order valence-electron chi connectivity index (χ3n) is 3.37. The Morgan fingerprint density at radius 2 is 1.20 bits per heavy atom. The summed E-state index contributed by atoms with van der Waals surface area (Å²) in [4.78, 5) is 0. The van der Waals surface area contributed by atoms with Gasteiger partial charge in [-0.15, -0.1) is 6.42 Å². The van der Waals surface area contributed by atoms with E-state index in [0.717, 1.165) is 22.3 Å². The Balaban J connectivity index is 2.11. The van der Waals surface area contributed by atoms with Crippen LogP contribution in [0.15, 0.2) is 78.9 Å². The minimum absolute atomic E-state index is 0.928. The highest BCUT2D eigenvalue weighted by molar-refractivity contribution is 5.76. The molecule has 0 N–H and O–H groups in total. The van der Waals surface area contributed by atoms with Crippen LogP contribution in [0.5, 0.6) is 0 Å². The molecule has 0 aromatic heterocycles. The van der Waals surface area contributed by atoms with E-state index in [0.29, 0.717) is 0 Å². The monoisotopic (exact) mass is 254 g/mol. The van der Waals surface area contributed by atoms with Crippen LogP contribution in [0, 0.1) is 12.3 Å². The first kappa shape index (κ1) is 12.3. The second kappa shape index (κ2) is 5.47. The Bertz CT molecular complexity index is 747. The second-order valence-electron chi connectivity index (χ2n) is 4.64. The molecule has 0 amide bonds. The first-order chi connectivity index (χ1) is 9.88. The Morgan fingerprint density at radius 1 is 0.600 bits per heavy atom. The van der Waals surface area contributed by atoms with E-state index in [1.165, 1.54) is 5.56 Å². The third kappa shape index (κ3) is 2.35. The topological polar surface area (TPSA) is 0 Å². The zero-order valence-electron chi connectivity index (χ0n) is 11.1. The van der Waals surface area contributed by atoms with E-state index in [2.05, 4.69) is 48.4 Å². The molecule has 0 fully saturated rings. The van der Waals surface area contributed by atoms with Gasteiger partial charge in [0.1, 0.15) is 0 Å². The van der Waals surface area contributed by atoms with E-state index in [1.54, 1.807) is 0 Å². The van der Waals surface area contributed by atoms with Gasteiger partial charge < -0.3 is 0 Å². The van der Waals surface area contributed by atoms with Crippen molar-refractivity contribution >= 4 is 0 Å². The van der Waals surface area contributed by atoms with Gasteiger partial charge in [-0.3, -0.25) is 0 Å². The molecule has 94 valence electrons. The molecule has 0 atom stereocenters. The van der Waals surface area contributed by atoms with Crippen LogP contribution in [0.1, 0.15) is 5.56 Å². The van der Waals surface area contributed by atoms with Gasteiger partial charge in [-0.2, -0.15) is 0 Å². The summed E-state index contributed by atoms with van der Waals surface area (Å²) in [5.74, 6) is 2.80. The van der Waals surface area contributed by atoms with Crippen molar-refractivity contribution in [2.45, 2.75) is 0 Å². The maximum absolute atomic E-state index is 5.68. The quantitative estimate of drug-likeness (QED) is 0.564. The molecule has 3 aromatic carbocycles. The molecular weight excluding hydrogens is 240 g/mol. The molecule has 0 aliphatic rings. The average Bonchev–Trinajstić information content (AvgIpc) is 2.56. The van der Waals surface area contributed by atoms with Crippen LogP contribution in [0.25, 0.3) is 22.3 Å². The van der Waals surface area contributed by atoms with Gasteiger partial charge in [0.05, 0.1) is 0 Å². The lowest BCUT2D eigenvalue weighted by molar-refractivity contribution is 1.56. The molecule has 0 spiro atoms. The van der Waals surface area contributed by atoms with Crippen molar-refractivity contribution in [3.63, 3.8) is 0 Å². The molecule has 0 saturated carbocycles. The number of hydrogen-bond donors (Lipinski definition) is 0. The van der Waals surface area contributed by atoms with Gasteiger partial charge in [0.15, 0.2) is 0 Å².